The second-order valence-corrected chi connectivity index (χ2v) is 9.92. The molecular weight excluding hydrogens is 552 g/mol. The van der Waals surface area contributed by atoms with E-state index in [1.165, 1.54) is 36.4 Å². The number of hydrogen-bond acceptors (Lipinski definition) is 12. The van der Waals surface area contributed by atoms with Crippen molar-refractivity contribution >= 4 is 11.6 Å². The molecule has 0 aromatic heterocycles. The van der Waals surface area contributed by atoms with Crippen molar-refractivity contribution in [2.24, 2.45) is 0 Å². The zero-order valence-corrected chi connectivity index (χ0v) is 21.3. The number of carbonyl (C=O) groups excluding carboxylic acids is 2. The van der Waals surface area contributed by atoms with Crippen LogP contribution in [0, 0.1) is 0 Å². The van der Waals surface area contributed by atoms with Crippen molar-refractivity contribution in [1.29, 1.82) is 0 Å². The molecule has 6 rings (SSSR count). The predicted molar refractivity (Wildman–Crippen MR) is 142 cm³/mol. The SMILES string of the molecule is O=C1c2c(O)cc(O)cc2O[C@@H](c2ccc(O)c(-c3cc([C@@H]4Oc5cc(O)cc(O)c5C(=O)[C@@H]4O)ccc3O)c2)[C@H]1O. The van der Waals surface area contributed by atoms with Crippen LogP contribution in [-0.2, 0) is 0 Å². The molecule has 2 heterocycles. The summed E-state index contributed by atoms with van der Waals surface area (Å²) < 4.78 is 11.5. The highest BCUT2D eigenvalue weighted by Gasteiger charge is 2.41. The number of fused-ring (bicyclic) bond motifs is 2. The van der Waals surface area contributed by atoms with Crippen LogP contribution in [0.3, 0.4) is 0 Å². The van der Waals surface area contributed by atoms with E-state index in [0.717, 1.165) is 24.3 Å². The van der Waals surface area contributed by atoms with Crippen LogP contribution in [0.4, 0.5) is 0 Å². The van der Waals surface area contributed by atoms with E-state index in [-0.39, 0.29) is 67.9 Å². The number of aromatic hydroxyl groups is 6. The first-order valence-corrected chi connectivity index (χ1v) is 12.5. The zero-order valence-electron chi connectivity index (χ0n) is 21.3. The fourth-order valence-electron chi connectivity index (χ4n) is 5.22. The van der Waals surface area contributed by atoms with Gasteiger partial charge in [0.1, 0.15) is 57.1 Å². The van der Waals surface area contributed by atoms with Gasteiger partial charge in [-0.25, -0.2) is 0 Å². The highest BCUT2D eigenvalue weighted by atomic mass is 16.5. The summed E-state index contributed by atoms with van der Waals surface area (Å²) in [5.41, 5.74) is -0.190. The number of rotatable bonds is 3. The lowest BCUT2D eigenvalue weighted by Gasteiger charge is -2.31. The summed E-state index contributed by atoms with van der Waals surface area (Å²) in [6.07, 6.45) is -6.19. The molecule has 0 spiro atoms. The molecule has 42 heavy (non-hydrogen) atoms. The maximum atomic E-state index is 12.9. The molecule has 0 saturated carbocycles. The van der Waals surface area contributed by atoms with Gasteiger partial charge >= 0.3 is 0 Å². The summed E-state index contributed by atoms with van der Waals surface area (Å²) in [4.78, 5) is 25.7. The number of carbonyl (C=O) groups is 2. The molecule has 12 heteroatoms. The number of phenolic OH excluding ortho intramolecular Hbond substituents is 6. The third-order valence-electron chi connectivity index (χ3n) is 7.23. The molecule has 4 aromatic carbocycles. The van der Waals surface area contributed by atoms with Crippen molar-refractivity contribution in [3.05, 3.63) is 82.9 Å². The quantitative estimate of drug-likeness (QED) is 0.177. The van der Waals surface area contributed by atoms with E-state index < -0.39 is 47.5 Å². The van der Waals surface area contributed by atoms with Crippen LogP contribution in [0.15, 0.2) is 60.7 Å². The summed E-state index contributed by atoms with van der Waals surface area (Å²) in [7, 11) is 0. The van der Waals surface area contributed by atoms with Crippen LogP contribution >= 0.6 is 0 Å². The van der Waals surface area contributed by atoms with E-state index in [2.05, 4.69) is 0 Å². The van der Waals surface area contributed by atoms with E-state index in [0.29, 0.717) is 0 Å². The third-order valence-corrected chi connectivity index (χ3v) is 7.23. The monoisotopic (exact) mass is 574 g/mol. The first kappa shape index (κ1) is 26.7. The molecule has 2 aliphatic heterocycles. The highest BCUT2D eigenvalue weighted by molar-refractivity contribution is 6.06. The maximum Gasteiger partial charge on any atom is 0.202 e. The van der Waals surface area contributed by atoms with Crippen molar-refractivity contribution < 1.29 is 59.9 Å². The normalized spacial score (nSPS) is 21.2. The summed E-state index contributed by atoms with van der Waals surface area (Å²) in [5.74, 6) is -4.58. The smallest absolute Gasteiger partial charge is 0.202 e. The first-order valence-electron chi connectivity index (χ1n) is 12.5. The van der Waals surface area contributed by atoms with Crippen LogP contribution in [0.25, 0.3) is 11.1 Å². The molecular formula is C30H22O12. The number of ketones is 2. The number of ether oxygens (including phenoxy) is 2. The van der Waals surface area contributed by atoms with Crippen molar-refractivity contribution in [3.63, 3.8) is 0 Å². The Bertz CT molecular complexity index is 1660. The molecule has 12 nitrogen and oxygen atoms in total. The lowest BCUT2D eigenvalue weighted by atomic mass is 9.89. The lowest BCUT2D eigenvalue weighted by molar-refractivity contribution is 0.0208. The number of Topliss-reactive ketones (excluding diaryl/α,β-unsaturated/α-hetero) is 2. The van der Waals surface area contributed by atoms with Crippen LogP contribution in [0.5, 0.6) is 46.0 Å². The minimum Gasteiger partial charge on any atom is -0.508 e. The second-order valence-electron chi connectivity index (χ2n) is 9.92. The summed E-state index contributed by atoms with van der Waals surface area (Å²) >= 11 is 0. The number of benzene rings is 4. The van der Waals surface area contributed by atoms with Gasteiger partial charge in [-0.05, 0) is 35.4 Å². The van der Waals surface area contributed by atoms with Crippen molar-refractivity contribution in [3.8, 4) is 57.1 Å². The number of hydrogen-bond donors (Lipinski definition) is 8. The molecule has 214 valence electrons. The Hall–Kier alpha value is -5.46. The third kappa shape index (κ3) is 4.17. The van der Waals surface area contributed by atoms with Crippen molar-refractivity contribution in [1.82, 2.24) is 0 Å². The van der Waals surface area contributed by atoms with Crippen LogP contribution in [0.2, 0.25) is 0 Å². The number of aliphatic hydroxyl groups excluding tert-OH is 2. The average Bonchev–Trinajstić information content (AvgIpc) is 2.93. The molecule has 0 saturated heterocycles. The molecule has 0 fully saturated rings. The van der Waals surface area contributed by atoms with E-state index in [9.17, 15) is 50.4 Å². The predicted octanol–water partition coefficient (Wildman–Crippen LogP) is 2.94. The van der Waals surface area contributed by atoms with Gasteiger partial charge in [-0.3, -0.25) is 9.59 Å². The van der Waals surface area contributed by atoms with Crippen molar-refractivity contribution in [2.45, 2.75) is 24.4 Å². The zero-order chi connectivity index (χ0) is 30.0. The average molecular weight is 574 g/mol. The van der Waals surface area contributed by atoms with Gasteiger partial charge in [-0.15, -0.1) is 0 Å². The first-order chi connectivity index (χ1) is 19.9. The maximum absolute atomic E-state index is 12.9. The topological polar surface area (TPSA) is 214 Å². The Labute approximate surface area is 236 Å². The van der Waals surface area contributed by atoms with E-state index in [1.807, 2.05) is 0 Å². The molecule has 0 aliphatic carbocycles. The van der Waals surface area contributed by atoms with Gasteiger partial charge < -0.3 is 50.3 Å². The van der Waals surface area contributed by atoms with Gasteiger partial charge in [0.2, 0.25) is 11.6 Å². The number of phenols is 6. The van der Waals surface area contributed by atoms with Crippen LogP contribution < -0.4 is 9.47 Å². The molecule has 0 radical (unpaired) electrons. The fraction of sp³-hybridized carbons (Fsp3) is 0.133. The summed E-state index contributed by atoms with van der Waals surface area (Å²) in [5, 5.41) is 82.7. The minimum absolute atomic E-state index is 0.0203. The van der Waals surface area contributed by atoms with Gasteiger partial charge in [0.15, 0.2) is 24.4 Å². The van der Waals surface area contributed by atoms with Gasteiger partial charge in [-0.2, -0.15) is 0 Å². The van der Waals surface area contributed by atoms with Crippen molar-refractivity contribution in [2.75, 3.05) is 0 Å². The Morgan fingerprint density at radius 1 is 0.500 bits per heavy atom. The minimum atomic E-state index is -1.77. The van der Waals surface area contributed by atoms with E-state index in [1.54, 1.807) is 0 Å². The Morgan fingerprint density at radius 2 is 0.881 bits per heavy atom. The van der Waals surface area contributed by atoms with Crippen LogP contribution in [-0.4, -0.2) is 64.6 Å². The van der Waals surface area contributed by atoms with Gasteiger partial charge in [0, 0.05) is 35.4 Å². The van der Waals surface area contributed by atoms with E-state index in [4.69, 9.17) is 9.47 Å². The molecule has 0 unspecified atom stereocenters. The standard InChI is InChI=1S/C30H22O12/c31-13-7-19(35)23-21(9-13)41-29(27(39)25(23)37)11-1-3-17(33)15(5-11)16-6-12(2-4-18(16)34)30-28(40)26(38)24-20(36)8-14(32)10-22(24)42-30/h1-10,27-36,39-40H/t27-,28-,29-,30-/m0/s1. The highest BCUT2D eigenvalue weighted by Crippen LogP contribution is 2.46. The summed E-state index contributed by atoms with van der Waals surface area (Å²) in [6.45, 7) is 0. The van der Waals surface area contributed by atoms with Gasteiger partial charge in [-0.1, -0.05) is 12.1 Å². The lowest BCUT2D eigenvalue weighted by Crippen LogP contribution is -2.36. The Morgan fingerprint density at radius 3 is 1.26 bits per heavy atom. The largest absolute Gasteiger partial charge is 0.508 e. The molecule has 4 atom stereocenters. The Kier molecular flexibility index (Phi) is 6.10. The van der Waals surface area contributed by atoms with E-state index >= 15 is 0 Å². The summed E-state index contributed by atoms with van der Waals surface area (Å²) in [6, 6.07) is 12.0. The van der Waals surface area contributed by atoms with Gasteiger partial charge in [0.05, 0.1) is 0 Å². The molecule has 0 bridgehead atoms. The van der Waals surface area contributed by atoms with Gasteiger partial charge in [0.25, 0.3) is 0 Å². The van der Waals surface area contributed by atoms with Crippen LogP contribution in [0.1, 0.15) is 44.1 Å². The Balaban J connectivity index is 1.39. The second kappa shape index (κ2) is 9.58. The molecule has 2 aliphatic rings. The molecule has 8 N–H and O–H groups in total. The number of aliphatic hydroxyl groups is 2. The molecule has 0 amide bonds. The fourth-order valence-corrected chi connectivity index (χ4v) is 5.22. The molecule has 4 aromatic rings.